The van der Waals surface area contributed by atoms with E-state index in [-0.39, 0.29) is 23.1 Å². The van der Waals surface area contributed by atoms with Crippen LogP contribution in [0.5, 0.6) is 5.75 Å². The van der Waals surface area contributed by atoms with Gasteiger partial charge in [-0.15, -0.1) is 0 Å². The third-order valence-corrected chi connectivity index (χ3v) is 6.16. The molecule has 1 aromatic carbocycles. The average Bonchev–Trinajstić information content (AvgIpc) is 3.17. The van der Waals surface area contributed by atoms with Gasteiger partial charge in [-0.05, 0) is 63.0 Å². The third kappa shape index (κ3) is 4.67. The zero-order valence-corrected chi connectivity index (χ0v) is 18.4. The highest BCUT2D eigenvalue weighted by atomic mass is 16.5. The van der Waals surface area contributed by atoms with Crippen LogP contribution in [0.3, 0.4) is 0 Å². The van der Waals surface area contributed by atoms with Crippen molar-refractivity contribution in [1.29, 1.82) is 0 Å². The second-order valence-corrected chi connectivity index (χ2v) is 8.33. The molecule has 0 radical (unpaired) electrons. The van der Waals surface area contributed by atoms with Gasteiger partial charge >= 0.3 is 0 Å². The van der Waals surface area contributed by atoms with Gasteiger partial charge in [-0.2, -0.15) is 0 Å². The number of aryl methyl sites for hydroxylation is 1. The van der Waals surface area contributed by atoms with Gasteiger partial charge in [0, 0.05) is 32.4 Å². The molecule has 2 aliphatic rings. The number of hydrogen-bond donors (Lipinski definition) is 0. The minimum absolute atomic E-state index is 0.0231. The lowest BCUT2D eigenvalue weighted by Gasteiger charge is -2.27. The molecule has 1 atom stereocenters. The smallest absolute Gasteiger partial charge is 0.268 e. The molecule has 4 rings (SSSR count). The van der Waals surface area contributed by atoms with E-state index in [1.165, 1.54) is 17.4 Å². The number of methoxy groups -OCH3 is 1. The largest absolute Gasteiger partial charge is 0.495 e. The van der Waals surface area contributed by atoms with E-state index >= 15 is 0 Å². The monoisotopic (exact) mass is 425 g/mol. The van der Waals surface area contributed by atoms with Crippen LogP contribution in [0, 0.1) is 6.92 Å². The molecule has 1 aromatic heterocycles. The van der Waals surface area contributed by atoms with Crippen LogP contribution in [-0.4, -0.2) is 72.8 Å². The topological polar surface area (TPSA) is 64.0 Å². The van der Waals surface area contributed by atoms with Crippen molar-refractivity contribution in [3.8, 4) is 11.4 Å². The molecule has 0 saturated carbocycles. The van der Waals surface area contributed by atoms with Crippen LogP contribution in [0.25, 0.3) is 5.69 Å². The SMILES string of the molecule is COc1ccccc1-n1ccc(C)c(C(=O)N2CCCOC(CN3CCCC3)C2)c1=O. The van der Waals surface area contributed by atoms with Gasteiger partial charge in [-0.1, -0.05) is 12.1 Å². The van der Waals surface area contributed by atoms with Crippen LogP contribution in [0.15, 0.2) is 41.3 Å². The molecular weight excluding hydrogens is 394 g/mol. The van der Waals surface area contributed by atoms with Gasteiger partial charge in [-0.25, -0.2) is 0 Å². The van der Waals surface area contributed by atoms with Crippen molar-refractivity contribution in [2.75, 3.05) is 46.4 Å². The summed E-state index contributed by atoms with van der Waals surface area (Å²) in [4.78, 5) is 31.1. The number of benzene rings is 1. The molecule has 1 unspecified atom stereocenters. The summed E-state index contributed by atoms with van der Waals surface area (Å²) < 4.78 is 12.9. The maximum atomic E-state index is 13.5. The van der Waals surface area contributed by atoms with E-state index in [1.807, 2.05) is 31.2 Å². The number of pyridine rings is 1. The molecule has 3 heterocycles. The molecule has 2 aromatic rings. The van der Waals surface area contributed by atoms with Crippen molar-refractivity contribution in [2.45, 2.75) is 32.3 Å². The molecule has 7 heteroatoms. The highest BCUT2D eigenvalue weighted by molar-refractivity contribution is 5.95. The third-order valence-electron chi connectivity index (χ3n) is 6.16. The molecule has 2 saturated heterocycles. The molecular formula is C24H31N3O4. The number of carbonyl (C=O) groups excluding carboxylic acids is 1. The van der Waals surface area contributed by atoms with Gasteiger partial charge in [0.25, 0.3) is 11.5 Å². The zero-order valence-electron chi connectivity index (χ0n) is 18.4. The Morgan fingerprint density at radius 3 is 2.68 bits per heavy atom. The fraction of sp³-hybridized carbons (Fsp3) is 0.500. The van der Waals surface area contributed by atoms with Gasteiger partial charge in [0.2, 0.25) is 0 Å². The molecule has 2 fully saturated rings. The average molecular weight is 426 g/mol. The molecule has 0 N–H and O–H groups in total. The first kappa shape index (κ1) is 21.6. The second-order valence-electron chi connectivity index (χ2n) is 8.33. The van der Waals surface area contributed by atoms with Crippen molar-refractivity contribution in [1.82, 2.24) is 14.4 Å². The quantitative estimate of drug-likeness (QED) is 0.737. The Morgan fingerprint density at radius 1 is 1.13 bits per heavy atom. The van der Waals surface area contributed by atoms with Crippen molar-refractivity contribution < 1.29 is 14.3 Å². The summed E-state index contributed by atoms with van der Waals surface area (Å²) in [5, 5.41) is 0. The van der Waals surface area contributed by atoms with Crippen LogP contribution >= 0.6 is 0 Å². The molecule has 166 valence electrons. The fourth-order valence-electron chi connectivity index (χ4n) is 4.51. The highest BCUT2D eigenvalue weighted by Crippen LogP contribution is 2.22. The Balaban J connectivity index is 1.62. The Morgan fingerprint density at radius 2 is 1.90 bits per heavy atom. The first-order valence-electron chi connectivity index (χ1n) is 11.1. The number of para-hydroxylation sites is 2. The van der Waals surface area contributed by atoms with E-state index in [4.69, 9.17) is 9.47 Å². The van der Waals surface area contributed by atoms with Gasteiger partial charge in [0.15, 0.2) is 0 Å². The van der Waals surface area contributed by atoms with Crippen molar-refractivity contribution in [3.05, 3.63) is 58.0 Å². The van der Waals surface area contributed by atoms with Gasteiger partial charge in [0.1, 0.15) is 11.3 Å². The Labute approximate surface area is 183 Å². The number of rotatable bonds is 5. The van der Waals surface area contributed by atoms with Crippen LogP contribution in [0.4, 0.5) is 0 Å². The Bertz CT molecular complexity index is 981. The standard InChI is InChI=1S/C24H31N3O4/c1-18-10-14-27(20-8-3-4-9-21(20)30-2)24(29)22(18)23(28)26-13-7-15-31-19(17-26)16-25-11-5-6-12-25/h3-4,8-10,14,19H,5-7,11-13,15-17H2,1-2H3. The molecule has 2 aliphatic heterocycles. The van der Waals surface area contributed by atoms with E-state index in [9.17, 15) is 9.59 Å². The number of likely N-dealkylation sites (tertiary alicyclic amines) is 1. The number of hydrogen-bond acceptors (Lipinski definition) is 5. The lowest BCUT2D eigenvalue weighted by molar-refractivity contribution is 0.0297. The lowest BCUT2D eigenvalue weighted by Crippen LogP contribution is -2.43. The van der Waals surface area contributed by atoms with Crippen molar-refractivity contribution >= 4 is 5.91 Å². The van der Waals surface area contributed by atoms with E-state index in [1.54, 1.807) is 24.3 Å². The number of aromatic nitrogens is 1. The first-order valence-corrected chi connectivity index (χ1v) is 11.1. The lowest BCUT2D eigenvalue weighted by atomic mass is 10.1. The summed E-state index contributed by atoms with van der Waals surface area (Å²) in [5.74, 6) is 0.365. The maximum absolute atomic E-state index is 13.5. The number of nitrogens with zero attached hydrogens (tertiary/aromatic N) is 3. The van der Waals surface area contributed by atoms with Crippen molar-refractivity contribution in [2.24, 2.45) is 0 Å². The second kappa shape index (κ2) is 9.66. The molecule has 0 bridgehead atoms. The molecule has 1 amide bonds. The van der Waals surface area contributed by atoms with E-state index in [2.05, 4.69) is 4.90 Å². The zero-order chi connectivity index (χ0) is 21.8. The summed E-state index contributed by atoms with van der Waals surface area (Å²) in [6.07, 6.45) is 4.90. The molecule has 0 aliphatic carbocycles. The fourth-order valence-corrected chi connectivity index (χ4v) is 4.51. The van der Waals surface area contributed by atoms with Crippen LogP contribution < -0.4 is 10.3 Å². The highest BCUT2D eigenvalue weighted by Gasteiger charge is 2.28. The molecule has 0 spiro atoms. The van der Waals surface area contributed by atoms with E-state index in [0.717, 1.165) is 26.1 Å². The predicted octanol–water partition coefficient (Wildman–Crippen LogP) is 2.48. The predicted molar refractivity (Wildman–Crippen MR) is 119 cm³/mol. The van der Waals surface area contributed by atoms with Gasteiger partial charge in [-0.3, -0.25) is 14.2 Å². The summed E-state index contributed by atoms with van der Waals surface area (Å²) in [5.41, 5.74) is 1.20. The molecule has 7 nitrogen and oxygen atoms in total. The van der Waals surface area contributed by atoms with E-state index < -0.39 is 0 Å². The number of ether oxygens (including phenoxy) is 2. The Hall–Kier alpha value is -2.64. The number of amides is 1. The van der Waals surface area contributed by atoms with Crippen LogP contribution in [0.2, 0.25) is 0 Å². The minimum atomic E-state index is -0.323. The molecule has 31 heavy (non-hydrogen) atoms. The van der Waals surface area contributed by atoms with Gasteiger partial charge in [0.05, 0.1) is 18.9 Å². The summed E-state index contributed by atoms with van der Waals surface area (Å²) in [6, 6.07) is 9.14. The van der Waals surface area contributed by atoms with Crippen LogP contribution in [-0.2, 0) is 4.74 Å². The van der Waals surface area contributed by atoms with Crippen molar-refractivity contribution in [3.63, 3.8) is 0 Å². The minimum Gasteiger partial charge on any atom is -0.495 e. The Kier molecular flexibility index (Phi) is 6.73. The van der Waals surface area contributed by atoms with E-state index in [0.29, 0.717) is 36.7 Å². The normalized spacial score (nSPS) is 19.9. The number of carbonyl (C=O) groups is 1. The summed E-state index contributed by atoms with van der Waals surface area (Å²) in [6.45, 7) is 6.59. The summed E-state index contributed by atoms with van der Waals surface area (Å²) in [7, 11) is 1.57. The van der Waals surface area contributed by atoms with Crippen LogP contribution in [0.1, 0.15) is 35.2 Å². The van der Waals surface area contributed by atoms with Gasteiger partial charge < -0.3 is 19.3 Å². The maximum Gasteiger partial charge on any atom is 0.268 e. The first-order chi connectivity index (χ1) is 15.1. The summed E-state index contributed by atoms with van der Waals surface area (Å²) >= 11 is 0.